The lowest BCUT2D eigenvalue weighted by Gasteiger charge is -2.39. The van der Waals surface area contributed by atoms with Gasteiger partial charge in [-0.1, -0.05) is 54.6 Å². The van der Waals surface area contributed by atoms with Gasteiger partial charge in [-0.15, -0.1) is 0 Å². The van der Waals surface area contributed by atoms with Gasteiger partial charge < -0.3 is 63.1 Å². The first kappa shape index (κ1) is 65.3. The number of benzene rings is 3. The van der Waals surface area contributed by atoms with Crippen LogP contribution in [0.4, 0.5) is 0 Å². The summed E-state index contributed by atoms with van der Waals surface area (Å²) in [5, 5.41) is 2.83. The molecule has 1 unspecified atom stereocenters. The first-order chi connectivity index (χ1) is 39.7. The van der Waals surface area contributed by atoms with Crippen LogP contribution in [0.1, 0.15) is 96.1 Å². The van der Waals surface area contributed by atoms with Crippen LogP contribution in [-0.4, -0.2) is 207 Å². The molecule has 0 saturated carbocycles. The van der Waals surface area contributed by atoms with E-state index in [0.29, 0.717) is 48.4 Å². The molecule has 84 heavy (non-hydrogen) atoms. The Labute approximate surface area is 492 Å². The van der Waals surface area contributed by atoms with Crippen molar-refractivity contribution in [3.63, 3.8) is 0 Å². The molecule has 0 radical (unpaired) electrons. The van der Waals surface area contributed by atoms with Crippen molar-refractivity contribution in [1.82, 2.24) is 34.7 Å². The maximum Gasteiger partial charge on any atom is 0.330 e. The fourth-order valence-corrected chi connectivity index (χ4v) is 9.96. The number of fused-ring (bicyclic) bond motifs is 4. The summed E-state index contributed by atoms with van der Waals surface area (Å²) in [6.45, 7) is 9.42. The molecule has 22 heteroatoms. The maximum atomic E-state index is 14.9. The third-order valence-corrected chi connectivity index (χ3v) is 15.4. The molecule has 1 N–H and O–H groups in total. The number of ether oxygens (including phenoxy) is 6. The lowest BCUT2D eigenvalue weighted by molar-refractivity contribution is -0.166. The number of nitrogens with zero attached hydrogens (tertiary/aromatic N) is 6. The number of Topliss-reactive ketones (excluding diaryl/α,β-unsaturated/α-hetero) is 1. The molecule has 3 aliphatic heterocycles. The number of esters is 2. The summed E-state index contributed by atoms with van der Waals surface area (Å²) < 4.78 is 35.0. The van der Waals surface area contributed by atoms with Gasteiger partial charge in [-0.3, -0.25) is 33.6 Å². The van der Waals surface area contributed by atoms with E-state index in [1.807, 2.05) is 37.8 Å². The summed E-state index contributed by atoms with van der Waals surface area (Å²) in [5.74, 6) is -4.98. The third kappa shape index (κ3) is 16.9. The number of nitrogens with one attached hydrogen (secondary N) is 1. The highest BCUT2D eigenvalue weighted by Crippen LogP contribution is 2.33. The van der Waals surface area contributed by atoms with E-state index < -0.39 is 108 Å². The fourth-order valence-electron chi connectivity index (χ4n) is 9.96. The third-order valence-electron chi connectivity index (χ3n) is 15.4. The van der Waals surface area contributed by atoms with Gasteiger partial charge in [0.05, 0.1) is 31.8 Å². The number of rotatable bonds is 8. The number of carbonyl (C=O) groups is 9. The highest BCUT2D eigenvalue weighted by Gasteiger charge is 2.45. The predicted octanol–water partition coefficient (Wildman–Crippen LogP) is 4.34. The summed E-state index contributed by atoms with van der Waals surface area (Å²) >= 11 is 0. The number of hydrogen-bond donors (Lipinski definition) is 1. The van der Waals surface area contributed by atoms with Gasteiger partial charge in [0.1, 0.15) is 48.7 Å². The van der Waals surface area contributed by atoms with Gasteiger partial charge >= 0.3 is 11.9 Å². The Morgan fingerprint density at radius 3 is 2.12 bits per heavy atom. The second-order valence-electron chi connectivity index (χ2n) is 23.2. The quantitative estimate of drug-likeness (QED) is 0.244. The molecule has 6 atom stereocenters. The van der Waals surface area contributed by atoms with Crippen molar-refractivity contribution in [1.29, 1.82) is 0 Å². The normalized spacial score (nSPS) is 24.3. The molecular weight excluding hydrogens is 1080 g/mol. The topological polar surface area (TPSA) is 240 Å². The van der Waals surface area contributed by atoms with Crippen LogP contribution in [0, 0.1) is 5.41 Å². The standard InChI is InChI=1S/C62H83N7O15/c1-40-55(73)63-53(42-20-14-13-15-21-42)58(76)67(10)47(37-83-61(2,3)4)57(75)68-31-19-24-45(68)56(74)65(8)30-17-16-25-52(71)82-39-62(5,6)54(72)59(77)69-33-32-64(7)36-46(69)60(78)84-48(28-26-41-27-29-49(79-11)50(34-41)80-12)43-22-18-23-44(35-43)81-38-51(70)66(40)9/h13-16,18,20-23,25,27,29,34-35,40,45-48,53H,17,19,24,26,28,30-33,36-39H2,1-12H3,(H,63,73)/b25-16-/t40-,45-,46-,47-,48+,53?/m0/s1. The highest BCUT2D eigenvalue weighted by atomic mass is 16.5. The van der Waals surface area contributed by atoms with Crippen LogP contribution in [0.2, 0.25) is 0 Å². The Bertz CT molecular complexity index is 2890. The van der Waals surface area contributed by atoms with E-state index >= 15 is 0 Å². The van der Waals surface area contributed by atoms with Gasteiger partial charge in [0.25, 0.3) is 11.8 Å². The summed E-state index contributed by atoms with van der Waals surface area (Å²) in [7, 11) is 9.29. The fraction of sp³-hybridized carbons (Fsp3) is 0.532. The van der Waals surface area contributed by atoms with Crippen molar-refractivity contribution in [3.8, 4) is 17.2 Å². The van der Waals surface area contributed by atoms with Crippen LogP contribution in [0.15, 0.2) is 84.9 Å². The summed E-state index contributed by atoms with van der Waals surface area (Å²) in [6, 6.07) is 14.7. The number of methoxy groups -OCH3 is 2. The number of hydrogen-bond acceptors (Lipinski definition) is 16. The zero-order valence-electron chi connectivity index (χ0n) is 50.5. The summed E-state index contributed by atoms with van der Waals surface area (Å²) in [6.07, 6.45) is 3.39. The molecule has 0 aliphatic carbocycles. The Morgan fingerprint density at radius 1 is 0.726 bits per heavy atom. The maximum absolute atomic E-state index is 14.9. The molecule has 3 aromatic rings. The van der Waals surface area contributed by atoms with Gasteiger partial charge in [0, 0.05) is 59.9 Å². The molecule has 3 aromatic carbocycles. The monoisotopic (exact) mass is 1170 g/mol. The van der Waals surface area contributed by atoms with Crippen LogP contribution in [0.3, 0.4) is 0 Å². The minimum absolute atomic E-state index is 0.0177. The minimum Gasteiger partial charge on any atom is -0.493 e. The molecule has 2 bridgehead atoms. The second-order valence-corrected chi connectivity index (χ2v) is 23.2. The number of amides is 6. The van der Waals surface area contributed by atoms with Gasteiger partial charge in [0.2, 0.25) is 29.4 Å². The smallest absolute Gasteiger partial charge is 0.330 e. The number of piperazine rings is 1. The van der Waals surface area contributed by atoms with Crippen LogP contribution >= 0.6 is 0 Å². The zero-order valence-corrected chi connectivity index (χ0v) is 50.5. The molecule has 2 saturated heterocycles. The molecule has 22 nitrogen and oxygen atoms in total. The van der Waals surface area contributed by atoms with E-state index in [-0.39, 0.29) is 57.3 Å². The Balaban J connectivity index is 1.33. The van der Waals surface area contributed by atoms with Crippen molar-refractivity contribution in [2.75, 3.05) is 95.0 Å². The van der Waals surface area contributed by atoms with Crippen LogP contribution in [0.5, 0.6) is 17.2 Å². The highest BCUT2D eigenvalue weighted by molar-refractivity contribution is 6.38. The predicted molar refractivity (Wildman–Crippen MR) is 309 cm³/mol. The number of cyclic esters (lactones) is 2. The van der Waals surface area contributed by atoms with Crippen molar-refractivity contribution in [2.45, 2.75) is 116 Å². The van der Waals surface area contributed by atoms with E-state index in [9.17, 15) is 43.2 Å². The Kier molecular flexibility index (Phi) is 22.6. The van der Waals surface area contributed by atoms with E-state index in [1.165, 1.54) is 85.7 Å². The first-order valence-electron chi connectivity index (χ1n) is 28.3. The van der Waals surface area contributed by atoms with E-state index in [2.05, 4.69) is 5.32 Å². The lowest BCUT2D eigenvalue weighted by atomic mass is 9.87. The lowest BCUT2D eigenvalue weighted by Crippen LogP contribution is -2.60. The van der Waals surface area contributed by atoms with Gasteiger partial charge in [-0.2, -0.15) is 0 Å². The van der Waals surface area contributed by atoms with Crippen LogP contribution in [-0.2, 0) is 63.8 Å². The largest absolute Gasteiger partial charge is 0.493 e. The van der Waals surface area contributed by atoms with Crippen LogP contribution in [0.25, 0.3) is 0 Å². The molecular formula is C62H83N7O15. The van der Waals surface area contributed by atoms with Crippen molar-refractivity contribution in [2.24, 2.45) is 5.41 Å². The molecule has 3 aliphatic rings. The van der Waals surface area contributed by atoms with E-state index in [1.54, 1.807) is 74.8 Å². The number of ketones is 1. The first-order valence-corrected chi connectivity index (χ1v) is 28.3. The van der Waals surface area contributed by atoms with Crippen molar-refractivity contribution >= 4 is 53.2 Å². The number of aryl methyl sites for hydroxylation is 1. The summed E-state index contributed by atoms with van der Waals surface area (Å²) in [5.41, 5.74) is -0.543. The zero-order chi connectivity index (χ0) is 61.6. The van der Waals surface area contributed by atoms with Gasteiger partial charge in [0.15, 0.2) is 18.1 Å². The second kappa shape index (κ2) is 29.1. The molecule has 0 aromatic heterocycles. The molecule has 0 spiro atoms. The molecule has 6 rings (SSSR count). The van der Waals surface area contributed by atoms with E-state index in [0.717, 1.165) is 5.56 Å². The number of carbonyl (C=O) groups excluding carboxylic acids is 9. The number of likely N-dealkylation sites (N-methyl/N-ethyl adjacent to an activating group) is 4. The summed E-state index contributed by atoms with van der Waals surface area (Å²) in [4.78, 5) is 136. The molecule has 456 valence electrons. The van der Waals surface area contributed by atoms with Gasteiger partial charge in [-0.25, -0.2) is 9.59 Å². The molecule has 6 amide bonds. The van der Waals surface area contributed by atoms with Crippen molar-refractivity contribution in [3.05, 3.63) is 102 Å². The average molecular weight is 1170 g/mol. The van der Waals surface area contributed by atoms with Crippen LogP contribution < -0.4 is 19.5 Å². The molecule has 2 fully saturated rings. The molecule has 3 heterocycles. The van der Waals surface area contributed by atoms with E-state index in [4.69, 9.17) is 28.4 Å². The van der Waals surface area contributed by atoms with Gasteiger partial charge in [-0.05, 0) is 122 Å². The average Bonchev–Trinajstić information content (AvgIpc) is 3.81. The Morgan fingerprint density at radius 2 is 1.43 bits per heavy atom. The SMILES string of the molecule is COc1ccc(CC[C@H]2OC(=O)[C@@H]3CN(C)CCN3C(=O)C(=O)C(C)(C)COC(=O)/C=C\CCN(C)C(=O)[C@@H]3CCCN3C(=O)[C@H](COC(C)(C)C)N(C)C(=O)C(c3ccccc3)NC(=O)[C@H](C)N(C)C(=O)COc3cccc2c3)cc1OC. The van der Waals surface area contributed by atoms with Crippen molar-refractivity contribution < 1.29 is 71.6 Å². The minimum atomic E-state index is -1.51. The Hall–Kier alpha value is -7.85.